The summed E-state index contributed by atoms with van der Waals surface area (Å²) in [4.78, 5) is 15.8. The Morgan fingerprint density at radius 2 is 2.22 bits per heavy atom. The molecule has 0 aliphatic heterocycles. The van der Waals surface area contributed by atoms with Crippen LogP contribution in [0.3, 0.4) is 0 Å². The van der Waals surface area contributed by atoms with Crippen LogP contribution >= 0.6 is 27.3 Å². The summed E-state index contributed by atoms with van der Waals surface area (Å²) < 4.78 is 14.2. The molecule has 0 bridgehead atoms. The number of rotatable bonds is 4. The van der Waals surface area contributed by atoms with Gasteiger partial charge in [-0.15, -0.1) is 11.3 Å². The summed E-state index contributed by atoms with van der Waals surface area (Å²) in [7, 11) is 0. The zero-order valence-corrected chi connectivity index (χ0v) is 11.7. The van der Waals surface area contributed by atoms with Gasteiger partial charge in [-0.3, -0.25) is 4.79 Å². The van der Waals surface area contributed by atoms with Gasteiger partial charge < -0.3 is 5.73 Å². The number of halogens is 2. The van der Waals surface area contributed by atoms with Crippen LogP contribution in [-0.4, -0.2) is 10.8 Å². The molecular weight excluding hydrogens is 319 g/mol. The third-order valence-corrected chi connectivity index (χ3v) is 3.56. The van der Waals surface area contributed by atoms with Crippen molar-refractivity contribution in [3.8, 4) is 0 Å². The van der Waals surface area contributed by atoms with Crippen molar-refractivity contribution in [3.63, 3.8) is 0 Å². The predicted molar refractivity (Wildman–Crippen MR) is 73.0 cm³/mol. The van der Waals surface area contributed by atoms with Gasteiger partial charge in [0.25, 0.3) is 0 Å². The van der Waals surface area contributed by atoms with Gasteiger partial charge in [0.05, 0.1) is 5.69 Å². The maximum atomic E-state index is 13.5. The van der Waals surface area contributed by atoms with Gasteiger partial charge in [0, 0.05) is 22.7 Å². The molecule has 0 aliphatic rings. The molecule has 0 fully saturated rings. The van der Waals surface area contributed by atoms with Crippen LogP contribution < -0.4 is 5.73 Å². The second kappa shape index (κ2) is 5.58. The summed E-state index contributed by atoms with van der Waals surface area (Å²) in [5, 5.41) is 2.18. The fourth-order valence-electron chi connectivity index (χ4n) is 1.56. The Bertz CT molecular complexity index is 585. The third-order valence-electron chi connectivity index (χ3n) is 2.34. The highest BCUT2D eigenvalue weighted by atomic mass is 79.9. The second-order valence-corrected chi connectivity index (χ2v) is 5.61. The number of nitrogens with zero attached hydrogens (tertiary/aromatic N) is 1. The van der Waals surface area contributed by atoms with Crippen LogP contribution in [0.15, 0.2) is 28.1 Å². The minimum absolute atomic E-state index is 0.0582. The van der Waals surface area contributed by atoms with E-state index in [0.29, 0.717) is 16.4 Å². The first-order chi connectivity index (χ1) is 8.54. The van der Waals surface area contributed by atoms with E-state index in [1.54, 1.807) is 17.5 Å². The number of hydrogen-bond donors (Lipinski definition) is 1. The van der Waals surface area contributed by atoms with Crippen molar-refractivity contribution in [3.05, 3.63) is 45.1 Å². The van der Waals surface area contributed by atoms with E-state index in [-0.39, 0.29) is 24.4 Å². The van der Waals surface area contributed by atoms with Crippen molar-refractivity contribution in [1.29, 1.82) is 0 Å². The van der Waals surface area contributed by atoms with Gasteiger partial charge in [-0.2, -0.15) is 0 Å². The number of aromatic nitrogens is 1. The molecule has 2 aromatic rings. The number of carbonyl (C=O) groups is 1. The number of nitrogen functional groups attached to an aromatic ring is 1. The molecule has 3 nitrogen and oxygen atoms in total. The lowest BCUT2D eigenvalue weighted by Gasteiger charge is -2.02. The van der Waals surface area contributed by atoms with Crippen molar-refractivity contribution in [1.82, 2.24) is 4.98 Å². The third kappa shape index (κ3) is 3.36. The van der Waals surface area contributed by atoms with Gasteiger partial charge in [-0.1, -0.05) is 15.9 Å². The lowest BCUT2D eigenvalue weighted by atomic mass is 10.1. The largest absolute Gasteiger partial charge is 0.375 e. The molecule has 1 aromatic heterocycles. The first-order valence-corrected chi connectivity index (χ1v) is 6.87. The topological polar surface area (TPSA) is 56.0 Å². The van der Waals surface area contributed by atoms with Crippen LogP contribution in [0.2, 0.25) is 0 Å². The van der Waals surface area contributed by atoms with Gasteiger partial charge in [-0.25, -0.2) is 9.37 Å². The molecule has 0 radical (unpaired) electrons. The summed E-state index contributed by atoms with van der Waals surface area (Å²) in [5.74, 6) is -0.457. The number of benzene rings is 1. The van der Waals surface area contributed by atoms with Crippen LogP contribution in [-0.2, 0) is 17.6 Å². The highest BCUT2D eigenvalue weighted by molar-refractivity contribution is 9.10. The number of nitrogens with two attached hydrogens (primary N) is 1. The smallest absolute Gasteiger partial charge is 0.180 e. The van der Waals surface area contributed by atoms with E-state index in [4.69, 9.17) is 5.73 Å². The molecule has 2 N–H and O–H groups in total. The Balaban J connectivity index is 2.05. The minimum atomic E-state index is -0.371. The van der Waals surface area contributed by atoms with Gasteiger partial charge in [0.15, 0.2) is 5.13 Å². The SMILES string of the molecule is Nc1nc(CC(=O)Cc2cc(Br)ccc2F)cs1. The summed E-state index contributed by atoms with van der Waals surface area (Å²) >= 11 is 4.54. The predicted octanol–water partition coefficient (Wildman–Crippen LogP) is 2.98. The Labute approximate surface area is 116 Å². The molecule has 2 rings (SSSR count). The molecular formula is C12H10BrFN2OS. The first kappa shape index (κ1) is 13.2. The molecule has 6 heteroatoms. The average molecular weight is 329 g/mol. The highest BCUT2D eigenvalue weighted by Gasteiger charge is 2.11. The zero-order valence-electron chi connectivity index (χ0n) is 9.32. The fraction of sp³-hybridized carbons (Fsp3) is 0.167. The van der Waals surface area contributed by atoms with Crippen LogP contribution in [0.25, 0.3) is 0 Å². The quantitative estimate of drug-likeness (QED) is 0.938. The van der Waals surface area contributed by atoms with Gasteiger partial charge in [0.2, 0.25) is 0 Å². The van der Waals surface area contributed by atoms with Crippen molar-refractivity contribution in [2.24, 2.45) is 0 Å². The number of ketones is 1. The fourth-order valence-corrected chi connectivity index (χ4v) is 2.53. The molecule has 0 amide bonds. The molecule has 18 heavy (non-hydrogen) atoms. The van der Waals surface area contributed by atoms with Crippen molar-refractivity contribution in [2.45, 2.75) is 12.8 Å². The molecule has 94 valence electrons. The van der Waals surface area contributed by atoms with Crippen LogP contribution in [0.1, 0.15) is 11.3 Å². The van der Waals surface area contributed by atoms with Crippen LogP contribution in [0, 0.1) is 5.82 Å². The Morgan fingerprint density at radius 1 is 1.44 bits per heavy atom. The molecule has 0 saturated heterocycles. The van der Waals surface area contributed by atoms with E-state index < -0.39 is 0 Å². The zero-order chi connectivity index (χ0) is 13.1. The Morgan fingerprint density at radius 3 is 2.89 bits per heavy atom. The van der Waals surface area contributed by atoms with Crippen molar-refractivity contribution >= 4 is 38.2 Å². The number of anilines is 1. The summed E-state index contributed by atoms with van der Waals surface area (Å²) in [5.41, 5.74) is 6.50. The van der Waals surface area contributed by atoms with E-state index in [1.807, 2.05) is 0 Å². The van der Waals surface area contributed by atoms with Gasteiger partial charge in [-0.05, 0) is 23.8 Å². The maximum Gasteiger partial charge on any atom is 0.180 e. The standard InChI is InChI=1S/C12H10BrFN2OS/c13-8-1-2-11(14)7(3-8)4-10(17)5-9-6-18-12(15)16-9/h1-3,6H,4-5H2,(H2,15,16). The average Bonchev–Trinajstić information content (AvgIpc) is 2.69. The molecule has 0 spiro atoms. The van der Waals surface area contributed by atoms with E-state index >= 15 is 0 Å². The lowest BCUT2D eigenvalue weighted by molar-refractivity contribution is -0.117. The summed E-state index contributed by atoms with van der Waals surface area (Å²) in [6.45, 7) is 0. The van der Waals surface area contributed by atoms with E-state index in [2.05, 4.69) is 20.9 Å². The maximum absolute atomic E-state index is 13.5. The van der Waals surface area contributed by atoms with Gasteiger partial charge in [0.1, 0.15) is 11.6 Å². The Hall–Kier alpha value is -1.27. The number of hydrogen-bond acceptors (Lipinski definition) is 4. The van der Waals surface area contributed by atoms with Crippen LogP contribution in [0.4, 0.5) is 9.52 Å². The molecule has 1 heterocycles. The molecule has 0 unspecified atom stereocenters. The highest BCUT2D eigenvalue weighted by Crippen LogP contribution is 2.17. The van der Waals surface area contributed by atoms with Crippen molar-refractivity contribution in [2.75, 3.05) is 5.73 Å². The van der Waals surface area contributed by atoms with E-state index in [9.17, 15) is 9.18 Å². The van der Waals surface area contributed by atoms with Crippen LogP contribution in [0.5, 0.6) is 0 Å². The number of thiazole rings is 1. The Kier molecular flexibility index (Phi) is 4.08. The van der Waals surface area contributed by atoms with E-state index in [0.717, 1.165) is 4.47 Å². The summed E-state index contributed by atoms with van der Waals surface area (Å²) in [6.07, 6.45) is 0.238. The second-order valence-electron chi connectivity index (χ2n) is 3.81. The first-order valence-electron chi connectivity index (χ1n) is 5.20. The van der Waals surface area contributed by atoms with Gasteiger partial charge >= 0.3 is 0 Å². The number of carbonyl (C=O) groups excluding carboxylic acids is 1. The van der Waals surface area contributed by atoms with Crippen molar-refractivity contribution < 1.29 is 9.18 Å². The van der Waals surface area contributed by atoms with E-state index in [1.165, 1.54) is 17.4 Å². The molecule has 0 atom stereocenters. The monoisotopic (exact) mass is 328 g/mol. The summed E-state index contributed by atoms with van der Waals surface area (Å²) in [6, 6.07) is 4.56. The molecule has 0 saturated carbocycles. The molecule has 1 aromatic carbocycles. The normalized spacial score (nSPS) is 10.6. The molecule has 0 aliphatic carbocycles. The lowest BCUT2D eigenvalue weighted by Crippen LogP contribution is -2.08. The minimum Gasteiger partial charge on any atom is -0.375 e. The number of Topliss-reactive ketones (excluding diaryl/α,β-unsaturated/α-hetero) is 1.